The maximum Gasteiger partial charge on any atom is 0.319 e. The summed E-state index contributed by atoms with van der Waals surface area (Å²) in [5.41, 5.74) is 2.49. The van der Waals surface area contributed by atoms with Crippen LogP contribution in [0.15, 0.2) is 104 Å². The van der Waals surface area contributed by atoms with Crippen LogP contribution in [-0.4, -0.2) is 32.8 Å². The lowest BCUT2D eigenvalue weighted by atomic mass is 10.2. The van der Waals surface area contributed by atoms with Gasteiger partial charge in [0, 0.05) is 16.8 Å². The fourth-order valence-corrected chi connectivity index (χ4v) is 10.5. The molecule has 0 saturated heterocycles. The van der Waals surface area contributed by atoms with Crippen molar-refractivity contribution in [2.24, 2.45) is 0 Å². The first-order valence-corrected chi connectivity index (χ1v) is 16.8. The monoisotopic (exact) mass is 643 g/mol. The van der Waals surface area contributed by atoms with Crippen LogP contribution in [0.25, 0.3) is 22.6 Å². The molecule has 6 rings (SSSR count). The molecule has 0 bridgehead atoms. The highest BCUT2D eigenvalue weighted by Crippen LogP contribution is 2.40. The molecule has 0 saturated carbocycles. The summed E-state index contributed by atoms with van der Waals surface area (Å²) in [6.07, 6.45) is 3.09. The number of nitrogens with zero attached hydrogens (tertiary/aromatic N) is 5. The molecule has 0 amide bonds. The average molecular weight is 645 g/mol. The van der Waals surface area contributed by atoms with Gasteiger partial charge in [-0.3, -0.25) is 4.98 Å². The summed E-state index contributed by atoms with van der Waals surface area (Å²) in [5, 5.41) is 3.48. The Hall–Kier alpha value is -3.75. The molecule has 216 valence electrons. The van der Waals surface area contributed by atoms with E-state index in [1.807, 2.05) is 41.0 Å². The molecule has 3 aromatic heterocycles. The molecule has 0 atom stereocenters. The Kier molecular flexibility index (Phi) is 8.00. The molecule has 0 fully saturated rings. The Bertz CT molecular complexity index is 1870. The molecule has 6 nitrogen and oxygen atoms in total. The molecule has 0 aliphatic rings. The van der Waals surface area contributed by atoms with Gasteiger partial charge in [-0.2, -0.15) is 0 Å². The molecule has 0 spiro atoms. The van der Waals surface area contributed by atoms with Crippen LogP contribution >= 0.6 is 34.8 Å². The first-order valence-electron chi connectivity index (χ1n) is 13.7. The fraction of sp³-hybridized carbons (Fsp3) is 0.152. The van der Waals surface area contributed by atoms with Crippen molar-refractivity contribution in [2.75, 3.05) is 0 Å². The largest absolute Gasteiger partial charge is 0.534 e. The highest BCUT2D eigenvalue weighted by Gasteiger charge is 2.52. The van der Waals surface area contributed by atoms with Gasteiger partial charge in [0.05, 0.1) is 17.3 Å². The highest BCUT2D eigenvalue weighted by molar-refractivity contribution is 7.00. The van der Waals surface area contributed by atoms with E-state index in [-0.39, 0.29) is 10.2 Å². The second kappa shape index (κ2) is 11.7. The van der Waals surface area contributed by atoms with Crippen molar-refractivity contribution in [3.05, 3.63) is 124 Å². The highest BCUT2D eigenvalue weighted by atomic mass is 35.5. The van der Waals surface area contributed by atoms with Crippen LogP contribution < -0.4 is 14.8 Å². The van der Waals surface area contributed by atoms with E-state index in [9.17, 15) is 0 Å². The van der Waals surface area contributed by atoms with E-state index in [4.69, 9.17) is 44.2 Å². The van der Waals surface area contributed by atoms with Crippen LogP contribution in [0.1, 0.15) is 26.5 Å². The van der Waals surface area contributed by atoms with Gasteiger partial charge in [0.1, 0.15) is 23.4 Å². The van der Waals surface area contributed by atoms with Crippen LogP contribution in [0.4, 0.5) is 0 Å². The Morgan fingerprint density at radius 1 is 0.791 bits per heavy atom. The van der Waals surface area contributed by atoms with E-state index in [2.05, 4.69) is 84.3 Å². The van der Waals surface area contributed by atoms with Crippen molar-refractivity contribution in [3.63, 3.8) is 0 Å². The zero-order chi connectivity index (χ0) is 30.2. The number of hydrogen-bond donors (Lipinski definition) is 0. The minimum absolute atomic E-state index is 0.200. The Morgan fingerprint density at radius 3 is 2.07 bits per heavy atom. The van der Waals surface area contributed by atoms with Crippen LogP contribution in [0, 0.1) is 0 Å². The van der Waals surface area contributed by atoms with Gasteiger partial charge in [0.25, 0.3) is 0 Å². The third kappa shape index (κ3) is 5.54. The Labute approximate surface area is 266 Å². The summed E-state index contributed by atoms with van der Waals surface area (Å²) in [4.78, 5) is 17.9. The summed E-state index contributed by atoms with van der Waals surface area (Å²) in [5.74, 6) is 1.27. The van der Waals surface area contributed by atoms with Crippen molar-refractivity contribution < 1.29 is 4.43 Å². The SMILES string of the molecule is CC(C)(C)[Si](Oc1ccc(-c2nc3c(Cl)ncnc3n2Cc2cc(Cl)ccn2)c(Cl)c1)(c1ccccc1)c1ccccc1. The number of aromatic nitrogens is 5. The number of fused-ring (bicyclic) bond motifs is 1. The lowest BCUT2D eigenvalue weighted by Gasteiger charge is -2.43. The molecule has 0 N–H and O–H groups in total. The summed E-state index contributed by atoms with van der Waals surface area (Å²) in [7, 11) is -2.85. The van der Waals surface area contributed by atoms with Crippen molar-refractivity contribution in [1.29, 1.82) is 0 Å². The third-order valence-corrected chi connectivity index (χ3v) is 13.2. The number of halogens is 3. The Morgan fingerprint density at radius 2 is 1.47 bits per heavy atom. The second-order valence-electron chi connectivity index (χ2n) is 11.2. The third-order valence-electron chi connectivity index (χ3n) is 7.46. The average Bonchev–Trinajstić information content (AvgIpc) is 3.35. The van der Waals surface area contributed by atoms with E-state index in [1.54, 1.807) is 12.3 Å². The Balaban J connectivity index is 1.47. The molecular weight excluding hydrogens is 617 g/mol. The molecule has 0 aliphatic carbocycles. The smallest absolute Gasteiger partial charge is 0.319 e. The van der Waals surface area contributed by atoms with Gasteiger partial charge in [-0.1, -0.05) is 116 Å². The standard InChI is InChI=1S/C33H28Cl3N5OSi/c1-33(2,3)43(25-10-6-4-7-11-25,26-12-8-5-9-13-26)42-24-14-15-27(28(35)19-24)31-40-29-30(36)38-21-39-32(29)41(31)20-23-18-22(34)16-17-37-23/h4-19,21H,20H2,1-3H3. The molecule has 3 heterocycles. The summed E-state index contributed by atoms with van der Waals surface area (Å²) >= 11 is 19.7. The molecule has 0 aliphatic heterocycles. The van der Waals surface area contributed by atoms with Crippen LogP contribution in [0.3, 0.4) is 0 Å². The summed E-state index contributed by atoms with van der Waals surface area (Å²) in [6.45, 7) is 7.08. The van der Waals surface area contributed by atoms with E-state index >= 15 is 0 Å². The van der Waals surface area contributed by atoms with Gasteiger partial charge in [-0.25, -0.2) is 15.0 Å². The van der Waals surface area contributed by atoms with Gasteiger partial charge >= 0.3 is 8.32 Å². The van der Waals surface area contributed by atoms with Crippen LogP contribution in [0.5, 0.6) is 5.75 Å². The van der Waals surface area contributed by atoms with Crippen molar-refractivity contribution in [2.45, 2.75) is 32.4 Å². The van der Waals surface area contributed by atoms with Gasteiger partial charge < -0.3 is 8.99 Å². The van der Waals surface area contributed by atoms with Crippen LogP contribution in [-0.2, 0) is 6.54 Å². The minimum Gasteiger partial charge on any atom is -0.534 e. The zero-order valence-electron chi connectivity index (χ0n) is 23.8. The maximum atomic E-state index is 7.19. The molecule has 10 heteroatoms. The first kappa shape index (κ1) is 29.3. The fourth-order valence-electron chi connectivity index (χ4n) is 5.53. The first-order chi connectivity index (χ1) is 20.7. The molecule has 0 radical (unpaired) electrons. The molecular formula is C33H28Cl3N5OSi. The van der Waals surface area contributed by atoms with Crippen molar-refractivity contribution in [1.82, 2.24) is 24.5 Å². The van der Waals surface area contributed by atoms with Crippen molar-refractivity contribution >= 4 is 64.7 Å². The normalized spacial score (nSPS) is 12.0. The number of pyridine rings is 1. The summed E-state index contributed by atoms with van der Waals surface area (Å²) in [6, 6.07) is 30.3. The maximum absolute atomic E-state index is 7.19. The quantitative estimate of drug-likeness (QED) is 0.131. The zero-order valence-corrected chi connectivity index (χ0v) is 27.1. The lowest BCUT2D eigenvalue weighted by Crippen LogP contribution is -2.68. The summed E-state index contributed by atoms with van der Waals surface area (Å²) < 4.78 is 9.11. The predicted molar refractivity (Wildman–Crippen MR) is 177 cm³/mol. The lowest BCUT2D eigenvalue weighted by molar-refractivity contribution is 0.508. The van der Waals surface area contributed by atoms with E-state index < -0.39 is 8.32 Å². The van der Waals surface area contributed by atoms with E-state index in [1.165, 1.54) is 16.7 Å². The van der Waals surface area contributed by atoms with E-state index in [0.717, 1.165) is 5.69 Å². The van der Waals surface area contributed by atoms with Crippen molar-refractivity contribution in [3.8, 4) is 17.1 Å². The molecule has 3 aromatic carbocycles. The van der Waals surface area contributed by atoms with E-state index in [0.29, 0.717) is 44.9 Å². The molecule has 0 unspecified atom stereocenters. The minimum atomic E-state index is -2.85. The number of benzene rings is 3. The van der Waals surface area contributed by atoms with Gasteiger partial charge in [0.15, 0.2) is 10.8 Å². The van der Waals surface area contributed by atoms with Gasteiger partial charge in [-0.05, 0) is 45.7 Å². The van der Waals surface area contributed by atoms with Crippen LogP contribution in [0.2, 0.25) is 20.2 Å². The predicted octanol–water partition coefficient (Wildman–Crippen LogP) is 7.84. The number of hydrogen-bond acceptors (Lipinski definition) is 5. The van der Waals surface area contributed by atoms with Gasteiger partial charge in [-0.15, -0.1) is 0 Å². The molecule has 43 heavy (non-hydrogen) atoms. The second-order valence-corrected chi connectivity index (χ2v) is 16.7. The number of imidazole rings is 1. The van der Waals surface area contributed by atoms with Gasteiger partial charge in [0.2, 0.25) is 0 Å². The topological polar surface area (TPSA) is 65.7 Å². The molecule has 6 aromatic rings. The number of rotatable bonds is 7.